The first kappa shape index (κ1) is 13.3. The van der Waals surface area contributed by atoms with Crippen molar-refractivity contribution >= 4 is 11.6 Å². The second kappa shape index (κ2) is 5.34. The predicted octanol–water partition coefficient (Wildman–Crippen LogP) is 0.478. The Labute approximate surface area is 117 Å². The van der Waals surface area contributed by atoms with E-state index < -0.39 is 0 Å². The van der Waals surface area contributed by atoms with Gasteiger partial charge in [0.25, 0.3) is 5.78 Å². The lowest BCUT2D eigenvalue weighted by atomic mass is 9.96. The van der Waals surface area contributed by atoms with Crippen LogP contribution in [0.1, 0.15) is 19.0 Å². The lowest BCUT2D eigenvalue weighted by molar-refractivity contribution is 0.102. The minimum atomic E-state index is -0.318. The van der Waals surface area contributed by atoms with Crippen LogP contribution in [0.2, 0.25) is 0 Å². The van der Waals surface area contributed by atoms with Gasteiger partial charge in [0.1, 0.15) is 12.1 Å². The molecule has 108 valence electrons. The number of anilines is 1. The number of piperidine rings is 1. The molecule has 3 rings (SSSR count). The van der Waals surface area contributed by atoms with Crippen molar-refractivity contribution in [1.29, 1.82) is 0 Å². The topological polar surface area (TPSA) is 75.8 Å². The number of nitrogens with zero attached hydrogens (tertiary/aromatic N) is 5. The summed E-state index contributed by atoms with van der Waals surface area (Å²) in [5.74, 6) is 1.80. The number of hydrogen-bond acceptors (Lipinski definition) is 6. The maximum Gasteiger partial charge on any atom is 0.254 e. The van der Waals surface area contributed by atoms with E-state index in [0.717, 1.165) is 24.5 Å². The molecule has 0 amide bonds. The highest BCUT2D eigenvalue weighted by Crippen LogP contribution is 2.24. The van der Waals surface area contributed by atoms with Gasteiger partial charge in [0.2, 0.25) is 0 Å². The number of β-amino-alcohol motifs (C(OH)–C–C–N with tert-alkyl or cyclic N) is 1. The zero-order chi connectivity index (χ0) is 14.1. The number of fused-ring (bicyclic) bond motifs is 1. The van der Waals surface area contributed by atoms with Crippen LogP contribution in [0.5, 0.6) is 0 Å². The fourth-order valence-corrected chi connectivity index (χ4v) is 2.55. The van der Waals surface area contributed by atoms with Gasteiger partial charge in [-0.2, -0.15) is 14.6 Å². The average Bonchev–Trinajstić information content (AvgIpc) is 2.89. The van der Waals surface area contributed by atoms with E-state index in [1.54, 1.807) is 11.6 Å². The zero-order valence-electron chi connectivity index (χ0n) is 11.7. The van der Waals surface area contributed by atoms with E-state index in [1.165, 1.54) is 6.33 Å². The van der Waals surface area contributed by atoms with Gasteiger partial charge in [-0.3, -0.25) is 0 Å². The molecule has 20 heavy (non-hydrogen) atoms. The first-order valence-electron chi connectivity index (χ1n) is 6.80. The maximum atomic E-state index is 10.1. The standard InChI is InChI=1S/C13H19N5O2/c1-9-3-4-17(6-11(9)19)12-5-10(7-20-2)16-13-14-8-15-18(12)13/h5,8-9,11,19H,3-4,6-7H2,1-2H3. The smallest absolute Gasteiger partial charge is 0.254 e. The average molecular weight is 277 g/mol. The summed E-state index contributed by atoms with van der Waals surface area (Å²) in [6.45, 7) is 4.01. The van der Waals surface area contributed by atoms with Crippen LogP contribution in [0.25, 0.3) is 5.78 Å². The molecule has 1 aliphatic heterocycles. The van der Waals surface area contributed by atoms with Crippen LogP contribution >= 0.6 is 0 Å². The van der Waals surface area contributed by atoms with Crippen molar-refractivity contribution in [3.05, 3.63) is 18.1 Å². The third-order valence-corrected chi connectivity index (χ3v) is 3.82. The molecule has 7 heteroatoms. The van der Waals surface area contributed by atoms with Gasteiger partial charge in [-0.25, -0.2) is 4.98 Å². The van der Waals surface area contributed by atoms with E-state index in [-0.39, 0.29) is 6.10 Å². The molecule has 0 spiro atoms. The number of hydrogen-bond donors (Lipinski definition) is 1. The summed E-state index contributed by atoms with van der Waals surface area (Å²) < 4.78 is 6.86. The van der Waals surface area contributed by atoms with Crippen LogP contribution < -0.4 is 4.90 Å². The number of aliphatic hydroxyl groups is 1. The van der Waals surface area contributed by atoms with Crippen LogP contribution in [-0.2, 0) is 11.3 Å². The van der Waals surface area contributed by atoms with Crippen molar-refractivity contribution in [2.75, 3.05) is 25.1 Å². The third-order valence-electron chi connectivity index (χ3n) is 3.82. The monoisotopic (exact) mass is 277 g/mol. The number of rotatable bonds is 3. The molecule has 2 unspecified atom stereocenters. The number of ether oxygens (including phenoxy) is 1. The lowest BCUT2D eigenvalue weighted by Crippen LogP contribution is -2.43. The van der Waals surface area contributed by atoms with Gasteiger partial charge in [-0.15, -0.1) is 0 Å². The molecular formula is C13H19N5O2. The van der Waals surface area contributed by atoms with Crippen molar-refractivity contribution in [3.63, 3.8) is 0 Å². The van der Waals surface area contributed by atoms with E-state index in [2.05, 4.69) is 26.9 Å². The van der Waals surface area contributed by atoms with Crippen molar-refractivity contribution in [1.82, 2.24) is 19.6 Å². The highest BCUT2D eigenvalue weighted by molar-refractivity contribution is 5.47. The molecule has 0 aromatic carbocycles. The van der Waals surface area contributed by atoms with E-state index in [0.29, 0.717) is 24.8 Å². The van der Waals surface area contributed by atoms with Gasteiger partial charge in [-0.1, -0.05) is 6.92 Å². The fraction of sp³-hybridized carbons (Fsp3) is 0.615. The number of methoxy groups -OCH3 is 1. The molecule has 7 nitrogen and oxygen atoms in total. The lowest BCUT2D eigenvalue weighted by Gasteiger charge is -2.35. The van der Waals surface area contributed by atoms with Gasteiger partial charge in [0.05, 0.1) is 18.4 Å². The second-order valence-corrected chi connectivity index (χ2v) is 5.29. The second-order valence-electron chi connectivity index (χ2n) is 5.29. The van der Waals surface area contributed by atoms with Crippen LogP contribution in [0.4, 0.5) is 5.82 Å². The fourth-order valence-electron chi connectivity index (χ4n) is 2.55. The molecule has 2 atom stereocenters. The van der Waals surface area contributed by atoms with Gasteiger partial charge >= 0.3 is 0 Å². The maximum absolute atomic E-state index is 10.1. The minimum Gasteiger partial charge on any atom is -0.391 e. The minimum absolute atomic E-state index is 0.318. The molecule has 1 N–H and O–H groups in total. The summed E-state index contributed by atoms with van der Waals surface area (Å²) in [4.78, 5) is 10.7. The molecule has 0 radical (unpaired) electrons. The molecule has 2 aromatic heterocycles. The van der Waals surface area contributed by atoms with Crippen molar-refractivity contribution in [2.45, 2.75) is 26.1 Å². The van der Waals surface area contributed by atoms with Crippen molar-refractivity contribution in [3.8, 4) is 0 Å². The molecule has 0 bridgehead atoms. The molecule has 2 aromatic rings. The Hall–Kier alpha value is -1.73. The molecule has 0 aliphatic carbocycles. The van der Waals surface area contributed by atoms with Crippen molar-refractivity contribution in [2.24, 2.45) is 5.92 Å². The van der Waals surface area contributed by atoms with Crippen LogP contribution in [0, 0.1) is 5.92 Å². The molecule has 1 fully saturated rings. The Bertz CT molecular complexity index is 599. The van der Waals surface area contributed by atoms with Crippen LogP contribution in [0.15, 0.2) is 12.4 Å². The van der Waals surface area contributed by atoms with Crippen LogP contribution in [-0.4, -0.2) is 51.0 Å². The Kier molecular flexibility index (Phi) is 3.54. The summed E-state index contributed by atoms with van der Waals surface area (Å²) in [5.41, 5.74) is 0.816. The molecule has 1 aliphatic rings. The molecule has 1 saturated heterocycles. The highest BCUT2D eigenvalue weighted by atomic mass is 16.5. The summed E-state index contributed by atoms with van der Waals surface area (Å²) in [7, 11) is 1.64. The number of aromatic nitrogens is 4. The Morgan fingerprint density at radius 3 is 3.10 bits per heavy atom. The van der Waals surface area contributed by atoms with Gasteiger partial charge < -0.3 is 14.7 Å². The van der Waals surface area contributed by atoms with Crippen molar-refractivity contribution < 1.29 is 9.84 Å². The summed E-state index contributed by atoms with van der Waals surface area (Å²) in [6.07, 6.45) is 2.13. The van der Waals surface area contributed by atoms with E-state index in [9.17, 15) is 5.11 Å². The first-order chi connectivity index (χ1) is 9.69. The Morgan fingerprint density at radius 2 is 2.35 bits per heavy atom. The van der Waals surface area contributed by atoms with E-state index in [1.807, 2.05) is 6.07 Å². The normalized spacial score (nSPS) is 23.4. The molecule has 3 heterocycles. The van der Waals surface area contributed by atoms with Gasteiger partial charge in [0, 0.05) is 26.3 Å². The quantitative estimate of drug-likeness (QED) is 0.879. The largest absolute Gasteiger partial charge is 0.391 e. The Balaban J connectivity index is 1.98. The first-order valence-corrected chi connectivity index (χ1v) is 6.80. The van der Waals surface area contributed by atoms with E-state index >= 15 is 0 Å². The number of aliphatic hydroxyl groups excluding tert-OH is 1. The van der Waals surface area contributed by atoms with Gasteiger partial charge in [0.15, 0.2) is 0 Å². The SMILES string of the molecule is COCc1cc(N2CCC(C)C(O)C2)n2ncnc2n1. The Morgan fingerprint density at radius 1 is 1.50 bits per heavy atom. The predicted molar refractivity (Wildman–Crippen MR) is 73.5 cm³/mol. The zero-order valence-corrected chi connectivity index (χ0v) is 11.7. The summed E-state index contributed by atoms with van der Waals surface area (Å²) in [6, 6.07) is 1.95. The van der Waals surface area contributed by atoms with Gasteiger partial charge in [-0.05, 0) is 12.3 Å². The summed E-state index contributed by atoms with van der Waals surface area (Å²) >= 11 is 0. The highest BCUT2D eigenvalue weighted by Gasteiger charge is 2.26. The van der Waals surface area contributed by atoms with E-state index in [4.69, 9.17) is 4.74 Å². The third kappa shape index (κ3) is 2.34. The summed E-state index contributed by atoms with van der Waals surface area (Å²) in [5, 5.41) is 14.3. The van der Waals surface area contributed by atoms with Crippen LogP contribution in [0.3, 0.4) is 0 Å². The molecular weight excluding hydrogens is 258 g/mol. The molecule has 0 saturated carbocycles.